The van der Waals surface area contributed by atoms with Crippen molar-refractivity contribution in [2.24, 2.45) is 5.73 Å². The van der Waals surface area contributed by atoms with Crippen molar-refractivity contribution < 1.29 is 0 Å². The predicted octanol–water partition coefficient (Wildman–Crippen LogP) is 2.13. The van der Waals surface area contributed by atoms with Crippen molar-refractivity contribution in [3.05, 3.63) is 35.9 Å². The van der Waals surface area contributed by atoms with Crippen LogP contribution in [0.3, 0.4) is 0 Å². The maximum absolute atomic E-state index is 6.49. The van der Waals surface area contributed by atoms with E-state index in [4.69, 9.17) is 5.73 Å². The highest BCUT2D eigenvalue weighted by atomic mass is 15.1. The molecule has 0 heterocycles. The molecule has 0 spiro atoms. The Morgan fingerprint density at radius 2 is 1.74 bits per heavy atom. The van der Waals surface area contributed by atoms with Crippen LogP contribution in [0.25, 0.3) is 0 Å². The van der Waals surface area contributed by atoms with Gasteiger partial charge >= 0.3 is 0 Å². The second kappa shape index (κ2) is 7.63. The van der Waals surface area contributed by atoms with Gasteiger partial charge in [0.2, 0.25) is 0 Å². The first kappa shape index (κ1) is 16.2. The van der Waals surface area contributed by atoms with E-state index in [-0.39, 0.29) is 5.54 Å². The molecule has 0 aliphatic heterocycles. The summed E-state index contributed by atoms with van der Waals surface area (Å²) in [6, 6.07) is 10.4. The van der Waals surface area contributed by atoms with Crippen molar-refractivity contribution in [2.75, 3.05) is 40.3 Å². The third-order valence-electron chi connectivity index (χ3n) is 3.51. The summed E-state index contributed by atoms with van der Waals surface area (Å²) in [4.78, 5) is 4.67. The largest absolute Gasteiger partial charge is 0.321 e. The number of rotatable bonds is 8. The Hall–Kier alpha value is -0.900. The van der Waals surface area contributed by atoms with Crippen LogP contribution in [0.2, 0.25) is 0 Å². The van der Waals surface area contributed by atoms with Gasteiger partial charge in [-0.15, -0.1) is 0 Å². The van der Waals surface area contributed by atoms with Gasteiger partial charge in [-0.2, -0.15) is 0 Å². The Balaban J connectivity index is 2.54. The van der Waals surface area contributed by atoms with E-state index in [0.29, 0.717) is 0 Å². The molecule has 19 heavy (non-hydrogen) atoms. The molecule has 2 N–H and O–H groups in total. The molecular weight excluding hydrogens is 234 g/mol. The summed E-state index contributed by atoms with van der Waals surface area (Å²) in [5.41, 5.74) is 7.42. The number of benzene rings is 1. The molecule has 0 saturated carbocycles. The molecule has 0 fully saturated rings. The van der Waals surface area contributed by atoms with Crippen LogP contribution in [0.4, 0.5) is 0 Å². The third-order valence-corrected chi connectivity index (χ3v) is 3.51. The van der Waals surface area contributed by atoms with Crippen molar-refractivity contribution in [1.82, 2.24) is 9.80 Å². The zero-order valence-electron chi connectivity index (χ0n) is 12.9. The fourth-order valence-electron chi connectivity index (χ4n) is 2.33. The first-order valence-corrected chi connectivity index (χ1v) is 7.17. The lowest BCUT2D eigenvalue weighted by atomic mass is 9.92. The minimum absolute atomic E-state index is 0.282. The Morgan fingerprint density at radius 3 is 2.26 bits per heavy atom. The molecule has 0 saturated heterocycles. The summed E-state index contributed by atoms with van der Waals surface area (Å²) < 4.78 is 0. The van der Waals surface area contributed by atoms with Crippen LogP contribution >= 0.6 is 0 Å². The monoisotopic (exact) mass is 263 g/mol. The summed E-state index contributed by atoms with van der Waals surface area (Å²) in [6.07, 6.45) is 1.19. The molecule has 0 bridgehead atoms. The highest BCUT2D eigenvalue weighted by Crippen LogP contribution is 2.18. The van der Waals surface area contributed by atoms with Crippen molar-refractivity contribution in [1.29, 1.82) is 0 Å². The van der Waals surface area contributed by atoms with Crippen LogP contribution < -0.4 is 5.73 Å². The van der Waals surface area contributed by atoms with Gasteiger partial charge in [-0.05, 0) is 52.6 Å². The highest BCUT2D eigenvalue weighted by molar-refractivity contribution is 5.23. The fourth-order valence-corrected chi connectivity index (χ4v) is 2.33. The van der Waals surface area contributed by atoms with Gasteiger partial charge in [0.25, 0.3) is 0 Å². The van der Waals surface area contributed by atoms with Gasteiger partial charge in [0.15, 0.2) is 0 Å². The zero-order valence-corrected chi connectivity index (χ0v) is 12.9. The van der Waals surface area contributed by atoms with Crippen LogP contribution in [0, 0.1) is 0 Å². The second-order valence-corrected chi connectivity index (χ2v) is 5.81. The zero-order chi connectivity index (χ0) is 14.3. The smallest absolute Gasteiger partial charge is 0.0509 e. The maximum Gasteiger partial charge on any atom is 0.0509 e. The molecule has 1 unspecified atom stereocenters. The minimum atomic E-state index is -0.282. The van der Waals surface area contributed by atoms with Crippen LogP contribution in [-0.4, -0.2) is 50.1 Å². The van der Waals surface area contributed by atoms with Crippen molar-refractivity contribution in [2.45, 2.75) is 25.8 Å². The predicted molar refractivity (Wildman–Crippen MR) is 83.3 cm³/mol. The molecule has 1 aromatic rings. The average molecular weight is 263 g/mol. The molecule has 0 aliphatic rings. The number of nitrogens with zero attached hydrogens (tertiary/aromatic N) is 2. The van der Waals surface area contributed by atoms with Gasteiger partial charge in [-0.1, -0.05) is 37.3 Å². The lowest BCUT2D eigenvalue weighted by molar-refractivity contribution is 0.216. The maximum atomic E-state index is 6.49. The Kier molecular flexibility index (Phi) is 6.49. The van der Waals surface area contributed by atoms with E-state index in [1.807, 2.05) is 6.07 Å². The number of hydrogen-bond acceptors (Lipinski definition) is 3. The summed E-state index contributed by atoms with van der Waals surface area (Å²) in [6.45, 7) is 8.51. The Morgan fingerprint density at radius 1 is 1.11 bits per heavy atom. The van der Waals surface area contributed by atoms with Crippen molar-refractivity contribution in [3.8, 4) is 0 Å². The standard InChI is InChI=1S/C16H29N3/c1-5-19(13-9-12-18(3)4)14-16(2,17)15-10-7-6-8-11-15/h6-8,10-11H,5,9,12-14,17H2,1-4H3. The van der Waals surface area contributed by atoms with E-state index in [1.54, 1.807) is 0 Å². The molecule has 1 rings (SSSR count). The van der Waals surface area contributed by atoms with Gasteiger partial charge in [-0.25, -0.2) is 0 Å². The van der Waals surface area contributed by atoms with Gasteiger partial charge in [0.05, 0.1) is 5.54 Å². The van der Waals surface area contributed by atoms with Crippen LogP contribution in [0.1, 0.15) is 25.8 Å². The van der Waals surface area contributed by atoms with E-state index in [1.165, 1.54) is 12.0 Å². The van der Waals surface area contributed by atoms with Crippen LogP contribution in [-0.2, 0) is 5.54 Å². The van der Waals surface area contributed by atoms with E-state index in [0.717, 1.165) is 26.2 Å². The van der Waals surface area contributed by atoms with Crippen LogP contribution in [0.5, 0.6) is 0 Å². The fraction of sp³-hybridized carbons (Fsp3) is 0.625. The first-order valence-electron chi connectivity index (χ1n) is 7.17. The van der Waals surface area contributed by atoms with Crippen molar-refractivity contribution >= 4 is 0 Å². The lowest BCUT2D eigenvalue weighted by Crippen LogP contribution is -2.46. The number of hydrogen-bond donors (Lipinski definition) is 1. The SMILES string of the molecule is CCN(CCCN(C)C)CC(C)(N)c1ccccc1. The second-order valence-electron chi connectivity index (χ2n) is 5.81. The Bertz CT molecular complexity index is 346. The molecule has 3 heteroatoms. The molecular formula is C16H29N3. The molecule has 1 atom stereocenters. The molecule has 3 nitrogen and oxygen atoms in total. The van der Waals surface area contributed by atoms with Gasteiger partial charge in [0.1, 0.15) is 0 Å². The van der Waals surface area contributed by atoms with E-state index >= 15 is 0 Å². The molecule has 0 amide bonds. The number of likely N-dealkylation sites (N-methyl/N-ethyl adjacent to an activating group) is 1. The third kappa shape index (κ3) is 5.72. The minimum Gasteiger partial charge on any atom is -0.321 e. The van der Waals surface area contributed by atoms with Crippen molar-refractivity contribution in [3.63, 3.8) is 0 Å². The summed E-state index contributed by atoms with van der Waals surface area (Å²) in [5, 5.41) is 0. The van der Waals surface area contributed by atoms with Gasteiger partial charge in [-0.3, -0.25) is 0 Å². The molecule has 0 radical (unpaired) electrons. The molecule has 108 valence electrons. The van der Waals surface area contributed by atoms with Crippen LogP contribution in [0.15, 0.2) is 30.3 Å². The summed E-state index contributed by atoms with van der Waals surface area (Å²) in [5.74, 6) is 0. The number of nitrogens with two attached hydrogens (primary N) is 1. The van der Waals surface area contributed by atoms with E-state index in [2.05, 4.69) is 62.0 Å². The highest BCUT2D eigenvalue weighted by Gasteiger charge is 2.23. The quantitative estimate of drug-likeness (QED) is 0.780. The Labute approximate surface area is 118 Å². The summed E-state index contributed by atoms with van der Waals surface area (Å²) in [7, 11) is 4.24. The lowest BCUT2D eigenvalue weighted by Gasteiger charge is -2.32. The van der Waals surface area contributed by atoms with E-state index in [9.17, 15) is 0 Å². The molecule has 0 aliphatic carbocycles. The van der Waals surface area contributed by atoms with Gasteiger partial charge in [0, 0.05) is 6.54 Å². The normalized spacial score (nSPS) is 14.9. The molecule has 1 aromatic carbocycles. The molecule has 0 aromatic heterocycles. The van der Waals surface area contributed by atoms with E-state index < -0.39 is 0 Å². The average Bonchev–Trinajstić information content (AvgIpc) is 2.38. The van der Waals surface area contributed by atoms with Gasteiger partial charge < -0.3 is 15.5 Å². The first-order chi connectivity index (χ1) is 8.95. The summed E-state index contributed by atoms with van der Waals surface area (Å²) >= 11 is 0. The topological polar surface area (TPSA) is 32.5 Å².